The molecule has 1 unspecified atom stereocenters. The van der Waals surface area contributed by atoms with Gasteiger partial charge in [0.15, 0.2) is 0 Å². The lowest BCUT2D eigenvalue weighted by atomic mass is 9.84. The first-order valence-corrected chi connectivity index (χ1v) is 9.09. The van der Waals surface area contributed by atoms with E-state index in [1.807, 2.05) is 0 Å². The molecule has 1 atom stereocenters. The number of nitrogens with one attached hydrogen (secondary N) is 2. The molecule has 2 aliphatic carbocycles. The summed E-state index contributed by atoms with van der Waals surface area (Å²) in [5, 5.41) is 5.97. The van der Waals surface area contributed by atoms with E-state index < -0.39 is 0 Å². The standard InChI is InChI=1S/C19H27N3O2/c20-12-17(13-4-2-1-3-5-13)22-19(24)15-8-10-16(11-9-15)21-18(23)14-6-7-14/h8-11,13-14,17H,1-7,12,20H2,(H,21,23)(H,22,24). The quantitative estimate of drug-likeness (QED) is 0.750. The summed E-state index contributed by atoms with van der Waals surface area (Å²) in [6.07, 6.45) is 8.00. The van der Waals surface area contributed by atoms with E-state index in [0.29, 0.717) is 18.0 Å². The summed E-state index contributed by atoms with van der Waals surface area (Å²) in [4.78, 5) is 24.2. The average Bonchev–Trinajstić information content (AvgIpc) is 3.46. The van der Waals surface area contributed by atoms with Gasteiger partial charge in [0.25, 0.3) is 5.91 Å². The van der Waals surface area contributed by atoms with Crippen LogP contribution in [-0.2, 0) is 4.79 Å². The topological polar surface area (TPSA) is 84.2 Å². The minimum Gasteiger partial charge on any atom is -0.348 e. The van der Waals surface area contributed by atoms with Gasteiger partial charge >= 0.3 is 0 Å². The average molecular weight is 329 g/mol. The smallest absolute Gasteiger partial charge is 0.251 e. The third kappa shape index (κ3) is 4.35. The first kappa shape index (κ1) is 17.0. The Balaban J connectivity index is 1.56. The van der Waals surface area contributed by atoms with Gasteiger partial charge in [0.05, 0.1) is 0 Å². The van der Waals surface area contributed by atoms with Gasteiger partial charge in [-0.2, -0.15) is 0 Å². The fourth-order valence-electron chi connectivity index (χ4n) is 3.45. The number of carbonyl (C=O) groups is 2. The van der Waals surface area contributed by atoms with Crippen molar-refractivity contribution in [3.05, 3.63) is 29.8 Å². The molecule has 4 N–H and O–H groups in total. The zero-order valence-corrected chi connectivity index (χ0v) is 14.1. The molecular weight excluding hydrogens is 302 g/mol. The lowest BCUT2D eigenvalue weighted by molar-refractivity contribution is -0.117. The fourth-order valence-corrected chi connectivity index (χ4v) is 3.45. The fraction of sp³-hybridized carbons (Fsp3) is 0.579. The number of carbonyl (C=O) groups excluding carboxylic acids is 2. The van der Waals surface area contributed by atoms with Crippen LogP contribution in [-0.4, -0.2) is 24.4 Å². The van der Waals surface area contributed by atoms with E-state index in [0.717, 1.165) is 31.4 Å². The van der Waals surface area contributed by atoms with E-state index in [-0.39, 0.29) is 23.8 Å². The van der Waals surface area contributed by atoms with Crippen molar-refractivity contribution in [2.75, 3.05) is 11.9 Å². The maximum Gasteiger partial charge on any atom is 0.251 e. The highest BCUT2D eigenvalue weighted by Crippen LogP contribution is 2.30. The molecule has 1 aromatic rings. The molecule has 5 nitrogen and oxygen atoms in total. The number of anilines is 1. The molecule has 3 rings (SSSR count). The Kier molecular flexibility index (Phi) is 5.51. The van der Waals surface area contributed by atoms with Gasteiger partial charge in [-0.25, -0.2) is 0 Å². The summed E-state index contributed by atoms with van der Waals surface area (Å²) in [7, 11) is 0. The van der Waals surface area contributed by atoms with Crippen molar-refractivity contribution in [3.63, 3.8) is 0 Å². The van der Waals surface area contributed by atoms with Crippen molar-refractivity contribution in [3.8, 4) is 0 Å². The molecule has 0 radical (unpaired) electrons. The van der Waals surface area contributed by atoms with Crippen LogP contribution in [0.3, 0.4) is 0 Å². The van der Waals surface area contributed by atoms with Gasteiger partial charge in [-0.05, 0) is 55.9 Å². The number of benzene rings is 1. The highest BCUT2D eigenvalue weighted by molar-refractivity contribution is 5.96. The van der Waals surface area contributed by atoms with Crippen molar-refractivity contribution in [1.82, 2.24) is 5.32 Å². The van der Waals surface area contributed by atoms with Crippen LogP contribution in [0.2, 0.25) is 0 Å². The van der Waals surface area contributed by atoms with Crippen LogP contribution < -0.4 is 16.4 Å². The molecule has 5 heteroatoms. The second-order valence-electron chi connectivity index (χ2n) is 7.05. The second kappa shape index (κ2) is 7.79. The van der Waals surface area contributed by atoms with E-state index in [1.54, 1.807) is 24.3 Å². The summed E-state index contributed by atoms with van der Waals surface area (Å²) in [6.45, 7) is 0.478. The van der Waals surface area contributed by atoms with Gasteiger partial charge in [-0.15, -0.1) is 0 Å². The van der Waals surface area contributed by atoms with Crippen molar-refractivity contribution < 1.29 is 9.59 Å². The Hall–Kier alpha value is -1.88. The molecule has 1 aromatic carbocycles. The summed E-state index contributed by atoms with van der Waals surface area (Å²) in [5.41, 5.74) is 7.23. The molecule has 2 amide bonds. The number of hydrogen-bond acceptors (Lipinski definition) is 3. The molecule has 0 heterocycles. The number of amides is 2. The van der Waals surface area contributed by atoms with Gasteiger partial charge in [-0.3, -0.25) is 9.59 Å². The molecule has 130 valence electrons. The van der Waals surface area contributed by atoms with Crippen LogP contribution in [0.4, 0.5) is 5.69 Å². The molecule has 0 spiro atoms. The number of nitrogens with two attached hydrogens (primary N) is 1. The van der Waals surface area contributed by atoms with Crippen molar-refractivity contribution in [2.45, 2.75) is 51.0 Å². The minimum absolute atomic E-state index is 0.0482. The van der Waals surface area contributed by atoms with Crippen LogP contribution in [0.15, 0.2) is 24.3 Å². The predicted octanol–water partition coefficient (Wildman–Crippen LogP) is 2.67. The molecule has 0 aliphatic heterocycles. The largest absolute Gasteiger partial charge is 0.348 e. The zero-order valence-electron chi connectivity index (χ0n) is 14.1. The third-order valence-corrected chi connectivity index (χ3v) is 5.15. The Bertz CT molecular complexity index is 575. The zero-order chi connectivity index (χ0) is 16.9. The van der Waals surface area contributed by atoms with Gasteiger partial charge in [0.2, 0.25) is 5.91 Å². The minimum atomic E-state index is -0.0870. The first-order valence-electron chi connectivity index (χ1n) is 9.09. The molecule has 0 bridgehead atoms. The number of hydrogen-bond donors (Lipinski definition) is 3. The molecule has 0 saturated heterocycles. The summed E-state index contributed by atoms with van der Waals surface area (Å²) in [5.74, 6) is 0.655. The Labute approximate surface area is 143 Å². The van der Waals surface area contributed by atoms with E-state index in [1.165, 1.54) is 19.3 Å². The molecule has 0 aromatic heterocycles. The Morgan fingerprint density at radius 3 is 2.29 bits per heavy atom. The third-order valence-electron chi connectivity index (χ3n) is 5.15. The van der Waals surface area contributed by atoms with Crippen LogP contribution in [0.1, 0.15) is 55.3 Å². The van der Waals surface area contributed by atoms with Gasteiger partial charge in [-0.1, -0.05) is 19.3 Å². The molecule has 2 fully saturated rings. The van der Waals surface area contributed by atoms with Crippen LogP contribution in [0.5, 0.6) is 0 Å². The summed E-state index contributed by atoms with van der Waals surface area (Å²) in [6, 6.07) is 7.13. The van der Waals surface area contributed by atoms with E-state index in [2.05, 4.69) is 10.6 Å². The maximum atomic E-state index is 12.5. The van der Waals surface area contributed by atoms with E-state index >= 15 is 0 Å². The van der Waals surface area contributed by atoms with Gasteiger partial charge < -0.3 is 16.4 Å². The first-order chi connectivity index (χ1) is 11.7. The lowest BCUT2D eigenvalue weighted by Gasteiger charge is -2.30. The van der Waals surface area contributed by atoms with Crippen LogP contribution in [0, 0.1) is 11.8 Å². The summed E-state index contributed by atoms with van der Waals surface area (Å²) >= 11 is 0. The van der Waals surface area contributed by atoms with Gasteiger partial charge in [0, 0.05) is 29.8 Å². The normalized spacial score (nSPS) is 19.5. The van der Waals surface area contributed by atoms with Crippen molar-refractivity contribution >= 4 is 17.5 Å². The summed E-state index contributed by atoms with van der Waals surface area (Å²) < 4.78 is 0. The lowest BCUT2D eigenvalue weighted by Crippen LogP contribution is -2.45. The highest BCUT2D eigenvalue weighted by Gasteiger charge is 2.29. The van der Waals surface area contributed by atoms with Crippen molar-refractivity contribution in [2.24, 2.45) is 17.6 Å². The van der Waals surface area contributed by atoms with Crippen LogP contribution >= 0.6 is 0 Å². The SMILES string of the molecule is NCC(NC(=O)c1ccc(NC(=O)C2CC2)cc1)C1CCCCC1. The van der Waals surface area contributed by atoms with Crippen LogP contribution in [0.25, 0.3) is 0 Å². The molecule has 2 aliphatic rings. The molecule has 2 saturated carbocycles. The van der Waals surface area contributed by atoms with E-state index in [4.69, 9.17) is 5.73 Å². The van der Waals surface area contributed by atoms with Crippen molar-refractivity contribution in [1.29, 1.82) is 0 Å². The maximum absolute atomic E-state index is 12.5. The highest BCUT2D eigenvalue weighted by atomic mass is 16.2. The Morgan fingerprint density at radius 1 is 1.04 bits per heavy atom. The Morgan fingerprint density at radius 2 is 1.71 bits per heavy atom. The predicted molar refractivity (Wildman–Crippen MR) is 94.7 cm³/mol. The monoisotopic (exact) mass is 329 g/mol. The molecular formula is C19H27N3O2. The number of rotatable bonds is 6. The van der Waals surface area contributed by atoms with Gasteiger partial charge in [0.1, 0.15) is 0 Å². The second-order valence-corrected chi connectivity index (χ2v) is 7.05. The molecule has 24 heavy (non-hydrogen) atoms. The van der Waals surface area contributed by atoms with E-state index in [9.17, 15) is 9.59 Å².